The van der Waals surface area contributed by atoms with Gasteiger partial charge in [-0.25, -0.2) is 0 Å². The van der Waals surface area contributed by atoms with E-state index in [0.717, 1.165) is 6.42 Å². The Labute approximate surface area is 108 Å². The van der Waals surface area contributed by atoms with E-state index in [1.165, 1.54) is 6.04 Å². The fourth-order valence-electron chi connectivity index (χ4n) is 3.00. The van der Waals surface area contributed by atoms with Gasteiger partial charge in [-0.1, -0.05) is 51.1 Å². The van der Waals surface area contributed by atoms with Gasteiger partial charge in [-0.15, -0.1) is 0 Å². The highest BCUT2D eigenvalue weighted by Crippen LogP contribution is 2.44. The van der Waals surface area contributed by atoms with Crippen LogP contribution in [0.2, 0.25) is 11.1 Å². The third kappa shape index (κ3) is 3.11. The van der Waals surface area contributed by atoms with E-state index in [1.54, 1.807) is 5.20 Å². The van der Waals surface area contributed by atoms with Crippen molar-refractivity contribution in [1.29, 1.82) is 0 Å². The maximum Gasteiger partial charge on any atom is 0.159 e. The minimum atomic E-state index is -1.62. The van der Waals surface area contributed by atoms with Gasteiger partial charge in [0.2, 0.25) is 0 Å². The molecule has 0 saturated heterocycles. The third-order valence-corrected chi connectivity index (χ3v) is 9.98. The van der Waals surface area contributed by atoms with E-state index in [4.69, 9.17) is 0 Å². The van der Waals surface area contributed by atoms with Crippen molar-refractivity contribution >= 4 is 8.24 Å². The summed E-state index contributed by atoms with van der Waals surface area (Å²) in [5.41, 5.74) is 0.193. The normalized spacial score (nSPS) is 20.3. The molecule has 17 heavy (non-hydrogen) atoms. The van der Waals surface area contributed by atoms with Gasteiger partial charge in [-0.05, 0) is 38.3 Å². The topological polar surface area (TPSA) is 12.0 Å². The van der Waals surface area contributed by atoms with Gasteiger partial charge in [0.25, 0.3) is 0 Å². The fourth-order valence-corrected chi connectivity index (χ4v) is 8.32. The molecule has 2 heteroatoms. The molecule has 1 rings (SSSR count). The minimum Gasteiger partial charge on any atom is -0.329 e. The second-order valence-electron chi connectivity index (χ2n) is 7.21. The number of allylic oxidation sites excluding steroid dienone is 4. The standard InChI is InChI=1S/C15H29NSi/c1-8-17(15(5,6)7,16-14(2,3)4)13-11-9-10-12-13/h9-11,16H,8,12H2,1-7H3. The lowest BCUT2D eigenvalue weighted by Crippen LogP contribution is -2.64. The molecule has 0 amide bonds. The van der Waals surface area contributed by atoms with Crippen LogP contribution in [0.1, 0.15) is 54.9 Å². The predicted octanol–water partition coefficient (Wildman–Crippen LogP) is 4.57. The van der Waals surface area contributed by atoms with Crippen LogP contribution in [0.15, 0.2) is 23.4 Å². The molecule has 1 nitrogen and oxygen atoms in total. The van der Waals surface area contributed by atoms with Crippen LogP contribution in [-0.2, 0) is 0 Å². The highest BCUT2D eigenvalue weighted by Gasteiger charge is 2.47. The largest absolute Gasteiger partial charge is 0.329 e. The van der Waals surface area contributed by atoms with Gasteiger partial charge in [-0.3, -0.25) is 0 Å². The van der Waals surface area contributed by atoms with Gasteiger partial charge in [0.05, 0.1) is 0 Å². The summed E-state index contributed by atoms with van der Waals surface area (Å²) in [6, 6.07) is 1.27. The Morgan fingerprint density at radius 1 is 1.18 bits per heavy atom. The quantitative estimate of drug-likeness (QED) is 0.725. The highest BCUT2D eigenvalue weighted by molar-refractivity contribution is 6.87. The van der Waals surface area contributed by atoms with Crippen molar-refractivity contribution in [3.8, 4) is 0 Å². The van der Waals surface area contributed by atoms with Gasteiger partial charge in [-0.2, -0.15) is 0 Å². The predicted molar refractivity (Wildman–Crippen MR) is 80.7 cm³/mol. The number of nitrogens with one attached hydrogen (secondary N) is 1. The monoisotopic (exact) mass is 251 g/mol. The number of hydrogen-bond donors (Lipinski definition) is 1. The van der Waals surface area contributed by atoms with Crippen LogP contribution < -0.4 is 4.98 Å². The molecule has 98 valence electrons. The second-order valence-corrected chi connectivity index (χ2v) is 12.1. The Morgan fingerprint density at radius 3 is 2.06 bits per heavy atom. The van der Waals surface area contributed by atoms with Gasteiger partial charge in [0.1, 0.15) is 0 Å². The maximum atomic E-state index is 4.03. The van der Waals surface area contributed by atoms with Gasteiger partial charge in [0.15, 0.2) is 8.24 Å². The van der Waals surface area contributed by atoms with E-state index in [1.807, 2.05) is 0 Å². The number of hydrogen-bond acceptors (Lipinski definition) is 1. The third-order valence-electron chi connectivity index (χ3n) is 3.72. The average Bonchev–Trinajstić information content (AvgIpc) is 2.63. The molecular formula is C15H29NSi. The molecule has 0 aromatic heterocycles. The molecule has 0 aromatic rings. The zero-order valence-corrected chi connectivity index (χ0v) is 13.6. The lowest BCUT2D eigenvalue weighted by atomic mass is 10.1. The summed E-state index contributed by atoms with van der Waals surface area (Å²) in [4.78, 5) is 4.03. The first-order valence-corrected chi connectivity index (χ1v) is 8.98. The van der Waals surface area contributed by atoms with Crippen molar-refractivity contribution in [2.75, 3.05) is 0 Å². The molecule has 0 spiro atoms. The molecule has 0 fully saturated rings. The fraction of sp³-hybridized carbons (Fsp3) is 0.733. The van der Waals surface area contributed by atoms with Crippen molar-refractivity contribution in [3.63, 3.8) is 0 Å². The Hall–Kier alpha value is -0.343. The molecular weight excluding hydrogens is 222 g/mol. The van der Waals surface area contributed by atoms with Crippen LogP contribution in [0, 0.1) is 0 Å². The lowest BCUT2D eigenvalue weighted by Gasteiger charge is -2.48. The summed E-state index contributed by atoms with van der Waals surface area (Å²) in [5.74, 6) is 0. The summed E-state index contributed by atoms with van der Waals surface area (Å²) in [6.45, 7) is 16.4. The molecule has 0 bridgehead atoms. The molecule has 1 unspecified atom stereocenters. The Morgan fingerprint density at radius 2 is 1.76 bits per heavy atom. The molecule has 0 radical (unpaired) electrons. The molecule has 1 aliphatic rings. The minimum absolute atomic E-state index is 0.193. The molecule has 0 aromatic carbocycles. The van der Waals surface area contributed by atoms with E-state index in [-0.39, 0.29) is 5.54 Å². The van der Waals surface area contributed by atoms with E-state index >= 15 is 0 Å². The average molecular weight is 251 g/mol. The SMILES string of the molecule is CC[Si](NC(C)(C)C)(C1=CC=CC1)C(C)(C)C. The number of rotatable bonds is 3. The zero-order valence-electron chi connectivity index (χ0n) is 12.6. The van der Waals surface area contributed by atoms with E-state index in [9.17, 15) is 0 Å². The Kier molecular flexibility index (Phi) is 4.10. The van der Waals surface area contributed by atoms with Crippen LogP contribution in [0.25, 0.3) is 0 Å². The van der Waals surface area contributed by atoms with Gasteiger partial charge in [0, 0.05) is 5.54 Å². The van der Waals surface area contributed by atoms with E-state index in [0.29, 0.717) is 5.04 Å². The maximum absolute atomic E-state index is 4.03. The van der Waals surface area contributed by atoms with Crippen molar-refractivity contribution in [2.45, 2.75) is 71.5 Å². The summed E-state index contributed by atoms with van der Waals surface area (Å²) >= 11 is 0. The molecule has 1 N–H and O–H groups in total. The molecule has 0 saturated carbocycles. The first kappa shape index (κ1) is 14.7. The highest BCUT2D eigenvalue weighted by atomic mass is 28.3. The molecule has 1 atom stereocenters. The van der Waals surface area contributed by atoms with E-state index < -0.39 is 8.24 Å². The van der Waals surface area contributed by atoms with Crippen molar-refractivity contribution in [3.05, 3.63) is 23.4 Å². The van der Waals surface area contributed by atoms with Crippen LogP contribution in [-0.4, -0.2) is 13.8 Å². The van der Waals surface area contributed by atoms with E-state index in [2.05, 4.69) is 71.7 Å². The summed E-state index contributed by atoms with van der Waals surface area (Å²) in [6.07, 6.45) is 8.03. The van der Waals surface area contributed by atoms with Crippen LogP contribution in [0.4, 0.5) is 0 Å². The summed E-state index contributed by atoms with van der Waals surface area (Å²) in [7, 11) is -1.62. The van der Waals surface area contributed by atoms with Gasteiger partial charge >= 0.3 is 0 Å². The Balaban J connectivity index is 3.15. The first-order chi connectivity index (χ1) is 7.62. The van der Waals surface area contributed by atoms with Crippen LogP contribution in [0.3, 0.4) is 0 Å². The van der Waals surface area contributed by atoms with Crippen LogP contribution in [0.5, 0.6) is 0 Å². The lowest BCUT2D eigenvalue weighted by molar-refractivity contribution is 0.491. The van der Waals surface area contributed by atoms with Crippen LogP contribution >= 0.6 is 0 Å². The van der Waals surface area contributed by atoms with Crippen molar-refractivity contribution in [1.82, 2.24) is 4.98 Å². The van der Waals surface area contributed by atoms with Gasteiger partial charge < -0.3 is 4.98 Å². The summed E-state index contributed by atoms with van der Waals surface area (Å²) < 4.78 is 0. The second kappa shape index (κ2) is 4.73. The summed E-state index contributed by atoms with van der Waals surface area (Å²) in [5, 5.41) is 2.02. The smallest absolute Gasteiger partial charge is 0.159 e. The van der Waals surface area contributed by atoms with Crippen molar-refractivity contribution in [2.24, 2.45) is 0 Å². The molecule has 1 aliphatic carbocycles. The molecule has 0 heterocycles. The molecule has 0 aliphatic heterocycles. The first-order valence-electron chi connectivity index (χ1n) is 6.78. The zero-order chi connectivity index (χ0) is 13.3. The van der Waals surface area contributed by atoms with Crippen molar-refractivity contribution < 1.29 is 0 Å². The Bertz CT molecular complexity index is 328.